The van der Waals surface area contributed by atoms with Gasteiger partial charge in [0.2, 0.25) is 5.76 Å². The van der Waals surface area contributed by atoms with Crippen molar-refractivity contribution in [3.8, 4) is 5.75 Å². The summed E-state index contributed by atoms with van der Waals surface area (Å²) in [5, 5.41) is 0.465. The maximum Gasteiger partial charge on any atom is 0.290 e. The van der Waals surface area contributed by atoms with E-state index in [1.165, 1.54) is 0 Å². The molecule has 2 aromatic carbocycles. The molecule has 0 N–H and O–H groups in total. The van der Waals surface area contributed by atoms with Gasteiger partial charge in [-0.1, -0.05) is 28.1 Å². The largest absolute Gasteiger partial charge is 0.494 e. The normalized spacial score (nSPS) is 18.5. The van der Waals surface area contributed by atoms with Crippen molar-refractivity contribution in [3.05, 3.63) is 74.0 Å². The van der Waals surface area contributed by atoms with E-state index in [4.69, 9.17) is 13.9 Å². The number of nitrogens with zero attached hydrogens (tertiary/aromatic N) is 2. The molecule has 1 amide bonds. The lowest BCUT2D eigenvalue weighted by atomic mass is 9.98. The van der Waals surface area contributed by atoms with Crippen LogP contribution in [0.25, 0.3) is 11.0 Å². The second-order valence-electron chi connectivity index (χ2n) is 8.53. The number of amides is 1. The van der Waals surface area contributed by atoms with Crippen molar-refractivity contribution in [1.82, 2.24) is 9.80 Å². The van der Waals surface area contributed by atoms with Gasteiger partial charge in [-0.3, -0.25) is 14.5 Å². The average Bonchev–Trinajstić information content (AvgIpc) is 3.13. The first-order chi connectivity index (χ1) is 16.6. The molecule has 5 rings (SSSR count). The van der Waals surface area contributed by atoms with Crippen LogP contribution in [0.2, 0.25) is 0 Å². The molecule has 7 nitrogen and oxygen atoms in total. The number of rotatable bonds is 7. The van der Waals surface area contributed by atoms with Gasteiger partial charge < -0.3 is 18.8 Å². The first kappa shape index (κ1) is 23.1. The molecule has 178 valence electrons. The molecule has 1 fully saturated rings. The Morgan fingerprint density at radius 2 is 1.82 bits per heavy atom. The van der Waals surface area contributed by atoms with Crippen LogP contribution in [-0.2, 0) is 4.74 Å². The smallest absolute Gasteiger partial charge is 0.290 e. The number of fused-ring (bicyclic) bond motifs is 2. The Kier molecular flexibility index (Phi) is 6.72. The number of benzene rings is 2. The van der Waals surface area contributed by atoms with Crippen LogP contribution in [-0.4, -0.2) is 61.7 Å². The molecule has 3 aromatic rings. The van der Waals surface area contributed by atoms with Crippen molar-refractivity contribution in [2.24, 2.45) is 0 Å². The summed E-state index contributed by atoms with van der Waals surface area (Å²) in [7, 11) is 0. The van der Waals surface area contributed by atoms with Gasteiger partial charge in [0.15, 0.2) is 5.43 Å². The minimum Gasteiger partial charge on any atom is -0.494 e. The second-order valence-corrected chi connectivity index (χ2v) is 9.44. The van der Waals surface area contributed by atoms with Crippen LogP contribution >= 0.6 is 15.9 Å². The summed E-state index contributed by atoms with van der Waals surface area (Å²) >= 11 is 3.44. The summed E-state index contributed by atoms with van der Waals surface area (Å²) in [6.07, 6.45) is 0.798. The van der Waals surface area contributed by atoms with E-state index in [1.807, 2.05) is 31.2 Å². The number of morpholine rings is 1. The number of hydrogen-bond acceptors (Lipinski definition) is 6. The first-order valence-corrected chi connectivity index (χ1v) is 12.5. The van der Waals surface area contributed by atoms with Gasteiger partial charge in [-0.15, -0.1) is 0 Å². The van der Waals surface area contributed by atoms with E-state index in [9.17, 15) is 9.59 Å². The van der Waals surface area contributed by atoms with Crippen LogP contribution in [0.3, 0.4) is 0 Å². The summed E-state index contributed by atoms with van der Waals surface area (Å²) in [6, 6.07) is 12.4. The fourth-order valence-corrected chi connectivity index (χ4v) is 5.13. The minimum atomic E-state index is -0.498. The van der Waals surface area contributed by atoms with Gasteiger partial charge in [-0.2, -0.15) is 0 Å². The molecule has 0 unspecified atom stereocenters. The Hall–Kier alpha value is -2.68. The van der Waals surface area contributed by atoms with Crippen molar-refractivity contribution < 1.29 is 18.7 Å². The molecule has 0 saturated carbocycles. The number of ether oxygens (including phenoxy) is 2. The van der Waals surface area contributed by atoms with Gasteiger partial charge >= 0.3 is 0 Å². The Morgan fingerprint density at radius 1 is 1.06 bits per heavy atom. The summed E-state index contributed by atoms with van der Waals surface area (Å²) in [6.45, 7) is 7.18. The molecule has 8 heteroatoms. The molecule has 0 radical (unpaired) electrons. The Bertz CT molecular complexity index is 1250. The van der Waals surface area contributed by atoms with E-state index >= 15 is 0 Å². The topological polar surface area (TPSA) is 72.2 Å². The van der Waals surface area contributed by atoms with Gasteiger partial charge in [0.1, 0.15) is 11.3 Å². The maximum atomic E-state index is 13.6. The van der Waals surface area contributed by atoms with Crippen LogP contribution in [0.4, 0.5) is 0 Å². The Balaban J connectivity index is 1.52. The van der Waals surface area contributed by atoms with Crippen LogP contribution < -0.4 is 10.2 Å². The molecule has 3 heterocycles. The third kappa shape index (κ3) is 4.37. The molecule has 1 saturated heterocycles. The number of hydrogen-bond donors (Lipinski definition) is 0. The molecule has 0 aliphatic carbocycles. The van der Waals surface area contributed by atoms with Crippen molar-refractivity contribution in [1.29, 1.82) is 0 Å². The number of halogens is 1. The quantitative estimate of drug-likeness (QED) is 0.458. The van der Waals surface area contributed by atoms with Gasteiger partial charge in [-0.25, -0.2) is 0 Å². The molecule has 34 heavy (non-hydrogen) atoms. The monoisotopic (exact) mass is 526 g/mol. The van der Waals surface area contributed by atoms with Gasteiger partial charge in [-0.05, 0) is 49.2 Å². The molecule has 0 spiro atoms. The lowest BCUT2D eigenvalue weighted by molar-refractivity contribution is 0.0353. The van der Waals surface area contributed by atoms with E-state index in [1.54, 1.807) is 23.1 Å². The standard InChI is InChI=1S/C26H27BrN2O5/c1-2-33-19-7-4-17(5-8-19)23-22-24(30)20-16-18(27)6-9-21(20)34-25(22)26(31)29(23)11-3-10-28-12-14-32-15-13-28/h4-9,16,23H,2-3,10-15H2,1H3/t23-/m0/s1. The average molecular weight is 527 g/mol. The lowest BCUT2D eigenvalue weighted by Gasteiger charge is -2.29. The van der Waals surface area contributed by atoms with E-state index < -0.39 is 6.04 Å². The van der Waals surface area contributed by atoms with Crippen LogP contribution in [0.5, 0.6) is 5.75 Å². The summed E-state index contributed by atoms with van der Waals surface area (Å²) < 4.78 is 17.8. The van der Waals surface area contributed by atoms with E-state index in [0.717, 1.165) is 55.1 Å². The number of carbonyl (C=O) groups is 1. The predicted octanol–water partition coefficient (Wildman–Crippen LogP) is 4.22. The first-order valence-electron chi connectivity index (χ1n) is 11.7. The summed E-state index contributed by atoms with van der Waals surface area (Å²) in [4.78, 5) is 31.3. The van der Waals surface area contributed by atoms with Crippen LogP contribution in [0, 0.1) is 0 Å². The fourth-order valence-electron chi connectivity index (χ4n) is 4.77. The summed E-state index contributed by atoms with van der Waals surface area (Å²) in [5.74, 6) is 0.659. The Labute approximate surface area is 206 Å². The zero-order valence-electron chi connectivity index (χ0n) is 19.1. The van der Waals surface area contributed by atoms with E-state index in [0.29, 0.717) is 29.7 Å². The van der Waals surface area contributed by atoms with E-state index in [-0.39, 0.29) is 17.1 Å². The van der Waals surface area contributed by atoms with Crippen molar-refractivity contribution in [2.75, 3.05) is 46.0 Å². The molecular weight excluding hydrogens is 500 g/mol. The second kappa shape index (κ2) is 9.90. The van der Waals surface area contributed by atoms with Gasteiger partial charge in [0.05, 0.1) is 36.8 Å². The highest BCUT2D eigenvalue weighted by molar-refractivity contribution is 9.10. The van der Waals surface area contributed by atoms with E-state index in [2.05, 4.69) is 20.8 Å². The fraction of sp³-hybridized carbons (Fsp3) is 0.385. The molecule has 0 bridgehead atoms. The molecular formula is C26H27BrN2O5. The zero-order valence-corrected chi connectivity index (χ0v) is 20.7. The third-order valence-electron chi connectivity index (χ3n) is 6.41. The van der Waals surface area contributed by atoms with Crippen LogP contribution in [0.15, 0.2) is 56.1 Å². The molecule has 1 aromatic heterocycles. The third-order valence-corrected chi connectivity index (χ3v) is 6.90. The molecule has 2 aliphatic heterocycles. The zero-order chi connectivity index (χ0) is 23.7. The highest BCUT2D eigenvalue weighted by Gasteiger charge is 2.42. The van der Waals surface area contributed by atoms with Crippen molar-refractivity contribution in [2.45, 2.75) is 19.4 Å². The lowest BCUT2D eigenvalue weighted by Crippen LogP contribution is -2.38. The Morgan fingerprint density at radius 3 is 2.56 bits per heavy atom. The van der Waals surface area contributed by atoms with Crippen molar-refractivity contribution in [3.63, 3.8) is 0 Å². The minimum absolute atomic E-state index is 0.144. The summed E-state index contributed by atoms with van der Waals surface area (Å²) in [5.41, 5.74) is 1.52. The van der Waals surface area contributed by atoms with Gasteiger partial charge in [0, 0.05) is 30.7 Å². The number of carbonyl (C=O) groups excluding carboxylic acids is 1. The highest BCUT2D eigenvalue weighted by Crippen LogP contribution is 2.39. The van der Waals surface area contributed by atoms with Crippen LogP contribution in [0.1, 0.15) is 41.1 Å². The maximum absolute atomic E-state index is 13.6. The van der Waals surface area contributed by atoms with Gasteiger partial charge in [0.25, 0.3) is 5.91 Å². The molecule has 2 aliphatic rings. The van der Waals surface area contributed by atoms with Crippen molar-refractivity contribution >= 4 is 32.8 Å². The molecule has 1 atom stereocenters. The highest BCUT2D eigenvalue weighted by atomic mass is 79.9. The SMILES string of the molecule is CCOc1ccc([C@H]2c3c(oc4ccc(Br)cc4c3=O)C(=O)N2CCCN2CCOCC2)cc1. The predicted molar refractivity (Wildman–Crippen MR) is 133 cm³/mol.